The Morgan fingerprint density at radius 3 is 2.30 bits per heavy atom. The smallest absolute Gasteiger partial charge is 0.166 e. The number of halogens is 2. The second-order valence-corrected chi connectivity index (χ2v) is 11.4. The number of rotatable bonds is 9. The fraction of sp³-hybridized carbons (Fsp3) is 0.571. The van der Waals surface area contributed by atoms with Crippen LogP contribution < -0.4 is 14.8 Å². The van der Waals surface area contributed by atoms with Gasteiger partial charge >= 0.3 is 0 Å². The summed E-state index contributed by atoms with van der Waals surface area (Å²) in [7, 11) is 0. The Morgan fingerprint density at radius 2 is 1.67 bits per heavy atom. The summed E-state index contributed by atoms with van der Waals surface area (Å²) in [5.74, 6) is 4.47. The topological polar surface area (TPSA) is 30.5 Å². The van der Waals surface area contributed by atoms with Crippen molar-refractivity contribution in [2.45, 2.75) is 71.6 Å². The van der Waals surface area contributed by atoms with Crippen LogP contribution in [0.25, 0.3) is 0 Å². The third kappa shape index (κ3) is 4.88. The minimum atomic E-state index is 0.373. The van der Waals surface area contributed by atoms with Gasteiger partial charge in [-0.3, -0.25) is 0 Å². The van der Waals surface area contributed by atoms with Gasteiger partial charge in [-0.05, 0) is 93.7 Å². The predicted octanol–water partition coefficient (Wildman–Crippen LogP) is 7.67. The van der Waals surface area contributed by atoms with E-state index in [1.54, 1.807) is 6.07 Å². The third-order valence-electron chi connectivity index (χ3n) is 8.35. The molecule has 0 saturated heterocycles. The lowest BCUT2D eigenvalue weighted by Crippen LogP contribution is -2.54. The summed E-state index contributed by atoms with van der Waals surface area (Å²) in [4.78, 5) is 0. The Labute approximate surface area is 208 Å². The van der Waals surface area contributed by atoms with Crippen molar-refractivity contribution in [3.63, 3.8) is 0 Å². The molecule has 5 heteroatoms. The molecule has 3 nitrogen and oxygen atoms in total. The predicted molar refractivity (Wildman–Crippen MR) is 135 cm³/mol. The average Bonchev–Trinajstić information content (AvgIpc) is 2.77. The minimum Gasteiger partial charge on any atom is -0.490 e. The molecule has 4 fully saturated rings. The maximum Gasteiger partial charge on any atom is 0.166 e. The molecule has 2 aromatic rings. The van der Waals surface area contributed by atoms with Crippen LogP contribution in [0.5, 0.6) is 11.5 Å². The molecule has 0 heterocycles. The van der Waals surface area contributed by atoms with Crippen molar-refractivity contribution < 1.29 is 9.47 Å². The molecule has 0 radical (unpaired) electrons. The lowest BCUT2D eigenvalue weighted by atomic mass is 9.48. The number of nitrogens with one attached hydrogen (secondary N) is 1. The van der Waals surface area contributed by atoms with Gasteiger partial charge in [-0.1, -0.05) is 41.4 Å². The fourth-order valence-electron chi connectivity index (χ4n) is 7.11. The van der Waals surface area contributed by atoms with E-state index < -0.39 is 0 Å². The monoisotopic (exact) mass is 487 g/mol. The SMILES string of the molecule is CCOc1cccc(CNC(C)C23CC4CC(CC(C4)C2)C3)c1OCc1ccc(Cl)cc1Cl. The standard InChI is InChI=1S/C28H35Cl2NO2/c1-3-32-26-6-4-5-22(27(26)33-17-23-7-8-24(29)12-25(23)30)16-31-18(2)28-13-19-9-20(14-28)11-21(10-19)15-28/h4-8,12,18-21,31H,3,9-11,13-17H2,1-2H3. The molecule has 1 unspecified atom stereocenters. The van der Waals surface area contributed by atoms with E-state index in [4.69, 9.17) is 32.7 Å². The summed E-state index contributed by atoms with van der Waals surface area (Å²) >= 11 is 12.4. The highest BCUT2D eigenvalue weighted by molar-refractivity contribution is 6.35. The van der Waals surface area contributed by atoms with Crippen LogP contribution in [0.1, 0.15) is 63.5 Å². The summed E-state index contributed by atoms with van der Waals surface area (Å²) in [6.07, 6.45) is 8.66. The number of benzene rings is 2. The van der Waals surface area contributed by atoms with Crippen molar-refractivity contribution in [3.05, 3.63) is 57.6 Å². The van der Waals surface area contributed by atoms with Crippen LogP contribution in [0.4, 0.5) is 0 Å². The summed E-state index contributed by atoms with van der Waals surface area (Å²) in [6.45, 7) is 6.15. The van der Waals surface area contributed by atoms with Crippen molar-refractivity contribution in [1.29, 1.82) is 0 Å². The molecule has 0 aliphatic heterocycles. The first-order valence-electron chi connectivity index (χ1n) is 12.5. The van der Waals surface area contributed by atoms with E-state index in [0.717, 1.165) is 46.9 Å². The van der Waals surface area contributed by atoms with Gasteiger partial charge < -0.3 is 14.8 Å². The van der Waals surface area contributed by atoms with E-state index in [-0.39, 0.29) is 0 Å². The number of hydrogen-bond acceptors (Lipinski definition) is 3. The maximum atomic E-state index is 6.38. The van der Waals surface area contributed by atoms with Crippen LogP contribution in [-0.4, -0.2) is 12.6 Å². The number of ether oxygens (including phenoxy) is 2. The molecule has 33 heavy (non-hydrogen) atoms. The lowest BCUT2D eigenvalue weighted by Gasteiger charge is -2.59. The third-order valence-corrected chi connectivity index (χ3v) is 8.94. The molecule has 0 spiro atoms. The molecule has 4 saturated carbocycles. The quantitative estimate of drug-likeness (QED) is 0.393. The van der Waals surface area contributed by atoms with Gasteiger partial charge in [-0.2, -0.15) is 0 Å². The Morgan fingerprint density at radius 1 is 0.970 bits per heavy atom. The van der Waals surface area contributed by atoms with Crippen LogP contribution >= 0.6 is 23.2 Å². The average molecular weight is 488 g/mol. The Bertz CT molecular complexity index is 957. The molecule has 4 bridgehead atoms. The van der Waals surface area contributed by atoms with Gasteiger partial charge in [0, 0.05) is 33.8 Å². The van der Waals surface area contributed by atoms with E-state index in [1.807, 2.05) is 25.1 Å². The summed E-state index contributed by atoms with van der Waals surface area (Å²) in [6, 6.07) is 12.2. The molecular formula is C28H35Cl2NO2. The molecule has 178 valence electrons. The van der Waals surface area contributed by atoms with E-state index >= 15 is 0 Å². The van der Waals surface area contributed by atoms with Gasteiger partial charge in [-0.25, -0.2) is 0 Å². The molecule has 6 rings (SSSR count). The van der Waals surface area contributed by atoms with Crippen LogP contribution in [0, 0.1) is 23.2 Å². The van der Waals surface area contributed by atoms with Crippen LogP contribution in [-0.2, 0) is 13.2 Å². The Kier molecular flexibility index (Phi) is 6.84. The van der Waals surface area contributed by atoms with Crippen molar-refractivity contribution in [1.82, 2.24) is 5.32 Å². The highest BCUT2D eigenvalue weighted by Gasteiger charge is 2.52. The zero-order valence-electron chi connectivity index (χ0n) is 19.7. The van der Waals surface area contributed by atoms with Crippen LogP contribution in [0.15, 0.2) is 36.4 Å². The van der Waals surface area contributed by atoms with E-state index in [0.29, 0.717) is 34.7 Å². The van der Waals surface area contributed by atoms with Gasteiger partial charge in [0.05, 0.1) is 6.61 Å². The first-order chi connectivity index (χ1) is 16.0. The van der Waals surface area contributed by atoms with E-state index in [9.17, 15) is 0 Å². The fourth-order valence-corrected chi connectivity index (χ4v) is 7.57. The van der Waals surface area contributed by atoms with Gasteiger partial charge in [0.25, 0.3) is 0 Å². The minimum absolute atomic E-state index is 0.373. The highest BCUT2D eigenvalue weighted by atomic mass is 35.5. The summed E-state index contributed by atoms with van der Waals surface area (Å²) in [5.41, 5.74) is 2.51. The summed E-state index contributed by atoms with van der Waals surface area (Å²) < 4.78 is 12.2. The first-order valence-corrected chi connectivity index (χ1v) is 13.3. The van der Waals surface area contributed by atoms with Gasteiger partial charge in [0.2, 0.25) is 0 Å². The normalized spacial score (nSPS) is 28.7. The highest BCUT2D eigenvalue weighted by Crippen LogP contribution is 2.61. The summed E-state index contributed by atoms with van der Waals surface area (Å²) in [5, 5.41) is 5.15. The van der Waals surface area contributed by atoms with Crippen LogP contribution in [0.3, 0.4) is 0 Å². The molecule has 4 aliphatic rings. The van der Waals surface area contributed by atoms with Gasteiger partial charge in [0.15, 0.2) is 11.5 Å². The molecule has 1 atom stereocenters. The molecule has 2 aromatic carbocycles. The van der Waals surface area contributed by atoms with E-state index in [1.165, 1.54) is 38.5 Å². The molecular weight excluding hydrogens is 453 g/mol. The Hall–Kier alpha value is -1.42. The molecule has 0 amide bonds. The van der Waals surface area contributed by atoms with Gasteiger partial charge in [-0.15, -0.1) is 0 Å². The second-order valence-electron chi connectivity index (χ2n) is 10.6. The number of para-hydroxylation sites is 1. The van der Waals surface area contributed by atoms with Crippen molar-refractivity contribution in [3.8, 4) is 11.5 Å². The first kappa shape index (κ1) is 23.3. The zero-order valence-corrected chi connectivity index (χ0v) is 21.2. The molecule has 0 aromatic heterocycles. The molecule has 4 aliphatic carbocycles. The van der Waals surface area contributed by atoms with E-state index in [2.05, 4.69) is 24.4 Å². The Balaban J connectivity index is 1.31. The van der Waals surface area contributed by atoms with Gasteiger partial charge in [0.1, 0.15) is 6.61 Å². The lowest BCUT2D eigenvalue weighted by molar-refractivity contribution is -0.0706. The number of hydrogen-bond donors (Lipinski definition) is 1. The maximum absolute atomic E-state index is 6.38. The molecule has 1 N–H and O–H groups in total. The van der Waals surface area contributed by atoms with Crippen molar-refractivity contribution in [2.24, 2.45) is 23.2 Å². The second kappa shape index (κ2) is 9.68. The van der Waals surface area contributed by atoms with Crippen molar-refractivity contribution >= 4 is 23.2 Å². The zero-order chi connectivity index (χ0) is 23.0. The largest absolute Gasteiger partial charge is 0.490 e. The van der Waals surface area contributed by atoms with Crippen molar-refractivity contribution in [2.75, 3.05) is 6.61 Å². The van der Waals surface area contributed by atoms with Crippen LogP contribution in [0.2, 0.25) is 10.0 Å².